The van der Waals surface area contributed by atoms with Crippen LogP contribution in [0.5, 0.6) is 5.75 Å². The van der Waals surface area contributed by atoms with Gasteiger partial charge < -0.3 is 14.5 Å². The topological polar surface area (TPSA) is 75.6 Å². The summed E-state index contributed by atoms with van der Waals surface area (Å²) in [6.07, 6.45) is 4.55. The molecule has 0 radical (unpaired) electrons. The molecule has 0 aliphatic carbocycles. The number of piperidine rings is 1. The van der Waals surface area contributed by atoms with Gasteiger partial charge in [0.2, 0.25) is 5.91 Å². The van der Waals surface area contributed by atoms with Gasteiger partial charge in [0.25, 0.3) is 5.91 Å². The van der Waals surface area contributed by atoms with Gasteiger partial charge in [-0.05, 0) is 31.0 Å². The zero-order valence-corrected chi connectivity index (χ0v) is 16.9. The van der Waals surface area contributed by atoms with E-state index in [1.165, 1.54) is 0 Å². The van der Waals surface area contributed by atoms with Crippen LogP contribution in [0.4, 0.5) is 0 Å². The Balaban J connectivity index is 1.48. The van der Waals surface area contributed by atoms with Gasteiger partial charge in [0.05, 0.1) is 12.8 Å². The van der Waals surface area contributed by atoms with E-state index in [1.807, 2.05) is 34.2 Å². The number of ether oxygens (including phenoxy) is 1. The first-order valence-corrected chi connectivity index (χ1v) is 10.1. The number of fused-ring (bicyclic) bond motifs is 1. The number of likely N-dealkylation sites (tertiary alicyclic amines) is 1. The summed E-state index contributed by atoms with van der Waals surface area (Å²) in [4.78, 5) is 37.7. The van der Waals surface area contributed by atoms with E-state index >= 15 is 0 Å². The van der Waals surface area contributed by atoms with E-state index in [-0.39, 0.29) is 17.7 Å². The van der Waals surface area contributed by atoms with Crippen LogP contribution < -0.4 is 4.74 Å². The van der Waals surface area contributed by atoms with Gasteiger partial charge in [0.1, 0.15) is 11.6 Å². The molecule has 0 saturated carbocycles. The molecule has 4 rings (SSSR count). The molecular formula is C22H26N4O3. The van der Waals surface area contributed by atoms with E-state index in [1.54, 1.807) is 20.1 Å². The van der Waals surface area contributed by atoms with Crippen LogP contribution in [0.2, 0.25) is 0 Å². The predicted octanol–water partition coefficient (Wildman–Crippen LogP) is 2.41. The number of aromatic nitrogens is 2. The zero-order valence-electron chi connectivity index (χ0n) is 16.9. The highest BCUT2D eigenvalue weighted by atomic mass is 16.5. The maximum absolute atomic E-state index is 12.9. The van der Waals surface area contributed by atoms with E-state index in [9.17, 15) is 9.59 Å². The monoisotopic (exact) mass is 394 g/mol. The molecule has 2 aromatic rings. The Morgan fingerprint density at radius 2 is 2.07 bits per heavy atom. The molecule has 0 spiro atoms. The molecule has 1 aromatic carbocycles. The second kappa shape index (κ2) is 8.19. The molecule has 2 aliphatic heterocycles. The van der Waals surface area contributed by atoms with Crippen molar-refractivity contribution < 1.29 is 14.3 Å². The van der Waals surface area contributed by atoms with Crippen molar-refractivity contribution in [1.29, 1.82) is 0 Å². The molecule has 1 aromatic heterocycles. The van der Waals surface area contributed by atoms with Crippen LogP contribution in [0, 0.1) is 0 Å². The molecule has 0 unspecified atom stereocenters. The maximum Gasteiger partial charge on any atom is 0.254 e. The van der Waals surface area contributed by atoms with Crippen LogP contribution in [-0.4, -0.2) is 58.3 Å². The number of amides is 2. The molecule has 7 nitrogen and oxygen atoms in total. The quantitative estimate of drug-likeness (QED) is 0.799. The molecule has 7 heteroatoms. The number of carbonyl (C=O) groups is 2. The van der Waals surface area contributed by atoms with Crippen molar-refractivity contribution in [2.45, 2.75) is 38.6 Å². The minimum atomic E-state index is -0.0111. The fourth-order valence-corrected chi connectivity index (χ4v) is 4.11. The number of carbonyl (C=O) groups excluding carboxylic acids is 2. The molecule has 1 fully saturated rings. The third-order valence-electron chi connectivity index (χ3n) is 5.79. The number of benzene rings is 1. The summed E-state index contributed by atoms with van der Waals surface area (Å²) in [6.45, 7) is 4.26. The molecular weight excluding hydrogens is 368 g/mol. The molecule has 152 valence electrons. The predicted molar refractivity (Wildman–Crippen MR) is 108 cm³/mol. The second-order valence-electron chi connectivity index (χ2n) is 7.71. The molecule has 1 saturated heterocycles. The Bertz CT molecular complexity index is 930. The summed E-state index contributed by atoms with van der Waals surface area (Å²) in [5.74, 6) is 1.78. The Morgan fingerprint density at radius 1 is 1.21 bits per heavy atom. The molecule has 0 N–H and O–H groups in total. The largest absolute Gasteiger partial charge is 0.497 e. The Kier molecular flexibility index (Phi) is 5.47. The normalized spacial score (nSPS) is 18.9. The summed E-state index contributed by atoms with van der Waals surface area (Å²) in [5.41, 5.74) is 2.64. The number of hydrogen-bond donors (Lipinski definition) is 0. The van der Waals surface area contributed by atoms with Gasteiger partial charge in [-0.25, -0.2) is 9.97 Å². The fourth-order valence-electron chi connectivity index (χ4n) is 4.11. The first-order valence-electron chi connectivity index (χ1n) is 10.1. The van der Waals surface area contributed by atoms with Crippen molar-refractivity contribution in [2.75, 3.05) is 26.7 Å². The molecule has 2 amide bonds. The molecule has 1 atom stereocenters. The first kappa shape index (κ1) is 19.4. The summed E-state index contributed by atoms with van der Waals surface area (Å²) >= 11 is 0. The van der Waals surface area contributed by atoms with Crippen LogP contribution in [0.15, 0.2) is 30.5 Å². The van der Waals surface area contributed by atoms with Crippen LogP contribution in [-0.2, 0) is 17.8 Å². The summed E-state index contributed by atoms with van der Waals surface area (Å²) < 4.78 is 5.23. The van der Waals surface area contributed by atoms with Crippen LogP contribution in [0.3, 0.4) is 0 Å². The average Bonchev–Trinajstić information content (AvgIpc) is 2.78. The third kappa shape index (κ3) is 4.09. The van der Waals surface area contributed by atoms with Gasteiger partial charge in [0.15, 0.2) is 0 Å². The van der Waals surface area contributed by atoms with Gasteiger partial charge in [-0.15, -0.1) is 0 Å². The maximum atomic E-state index is 12.9. The summed E-state index contributed by atoms with van der Waals surface area (Å²) in [5, 5.41) is 0. The number of nitrogens with zero attached hydrogens (tertiary/aromatic N) is 4. The number of hydrogen-bond acceptors (Lipinski definition) is 5. The number of rotatable bonds is 3. The van der Waals surface area contributed by atoms with Gasteiger partial charge >= 0.3 is 0 Å². The van der Waals surface area contributed by atoms with Crippen LogP contribution in [0.25, 0.3) is 0 Å². The molecule has 3 heterocycles. The van der Waals surface area contributed by atoms with E-state index in [0.29, 0.717) is 37.4 Å². The van der Waals surface area contributed by atoms with Crippen molar-refractivity contribution in [3.05, 3.63) is 53.1 Å². The lowest BCUT2D eigenvalue weighted by atomic mass is 9.96. The highest BCUT2D eigenvalue weighted by Gasteiger charge is 2.28. The summed E-state index contributed by atoms with van der Waals surface area (Å²) in [7, 11) is 1.59. The lowest BCUT2D eigenvalue weighted by Crippen LogP contribution is -2.39. The van der Waals surface area contributed by atoms with E-state index in [0.717, 1.165) is 36.5 Å². The highest BCUT2D eigenvalue weighted by Crippen LogP contribution is 2.27. The van der Waals surface area contributed by atoms with Crippen molar-refractivity contribution in [2.24, 2.45) is 0 Å². The van der Waals surface area contributed by atoms with Gasteiger partial charge in [-0.3, -0.25) is 9.59 Å². The van der Waals surface area contributed by atoms with E-state index < -0.39 is 0 Å². The standard InChI is InChI=1S/C22H26N4O3/c1-15(27)25-9-4-6-17(13-25)21-23-12-18-14-26(10-8-20(18)24-21)22(28)16-5-3-7-19(11-16)29-2/h3,5,7,11-12,17H,4,6,8-10,13-14H2,1-2H3/t17-/m0/s1. The Hall–Kier alpha value is -2.96. The van der Waals surface area contributed by atoms with Crippen molar-refractivity contribution in [3.8, 4) is 5.75 Å². The molecule has 29 heavy (non-hydrogen) atoms. The van der Waals surface area contributed by atoms with Crippen molar-refractivity contribution in [1.82, 2.24) is 19.8 Å². The lowest BCUT2D eigenvalue weighted by molar-refractivity contribution is -0.130. The second-order valence-corrected chi connectivity index (χ2v) is 7.71. The SMILES string of the molecule is COc1cccc(C(=O)N2CCc3nc([C@H]4CCCN(C(C)=O)C4)ncc3C2)c1. The highest BCUT2D eigenvalue weighted by molar-refractivity contribution is 5.94. The fraction of sp³-hybridized carbons (Fsp3) is 0.455. The van der Waals surface area contributed by atoms with Gasteiger partial charge in [-0.1, -0.05) is 6.07 Å². The first-order chi connectivity index (χ1) is 14.0. The van der Waals surface area contributed by atoms with Gasteiger partial charge in [-0.2, -0.15) is 0 Å². The lowest BCUT2D eigenvalue weighted by Gasteiger charge is -2.32. The van der Waals surface area contributed by atoms with Crippen LogP contribution in [0.1, 0.15) is 53.1 Å². The zero-order chi connectivity index (χ0) is 20.4. The van der Waals surface area contributed by atoms with Crippen molar-refractivity contribution in [3.63, 3.8) is 0 Å². The van der Waals surface area contributed by atoms with Crippen molar-refractivity contribution >= 4 is 11.8 Å². The minimum Gasteiger partial charge on any atom is -0.497 e. The van der Waals surface area contributed by atoms with E-state index in [4.69, 9.17) is 9.72 Å². The van der Waals surface area contributed by atoms with Crippen LogP contribution >= 0.6 is 0 Å². The smallest absolute Gasteiger partial charge is 0.254 e. The molecule has 0 bridgehead atoms. The minimum absolute atomic E-state index is 0.0111. The van der Waals surface area contributed by atoms with E-state index in [2.05, 4.69) is 4.98 Å². The van der Waals surface area contributed by atoms with Gasteiger partial charge in [0, 0.05) is 62.8 Å². The summed E-state index contributed by atoms with van der Waals surface area (Å²) in [6, 6.07) is 7.23. The third-order valence-corrected chi connectivity index (χ3v) is 5.79. The Morgan fingerprint density at radius 3 is 2.86 bits per heavy atom. The number of methoxy groups -OCH3 is 1. The molecule has 2 aliphatic rings. The Labute approximate surface area is 170 Å². The average molecular weight is 394 g/mol.